The summed E-state index contributed by atoms with van der Waals surface area (Å²) in [6.45, 7) is 4.73. The molecule has 1 heterocycles. The molecule has 0 aliphatic rings. The first-order chi connectivity index (χ1) is 14.6. The molecule has 3 aromatic carbocycles. The minimum Gasteiger partial charge on any atom is -0.284 e. The van der Waals surface area contributed by atoms with E-state index >= 15 is 0 Å². The molecule has 0 N–H and O–H groups in total. The van der Waals surface area contributed by atoms with Gasteiger partial charge in [0, 0.05) is 17.1 Å². The molecule has 0 aliphatic heterocycles. The monoisotopic (exact) mass is 432 g/mol. The van der Waals surface area contributed by atoms with Crippen molar-refractivity contribution in [3.05, 3.63) is 89.5 Å². The molecule has 3 nitrogen and oxygen atoms in total. The Bertz CT molecular complexity index is 1140. The number of aromatic nitrogens is 1. The molecular formula is C25H24N2OS2. The van der Waals surface area contributed by atoms with Crippen molar-refractivity contribution in [3.63, 3.8) is 0 Å². The average Bonchev–Trinajstić information content (AvgIpc) is 3.21. The molecule has 0 unspecified atom stereocenters. The molecule has 5 heteroatoms. The number of thioether (sulfide) groups is 1. The van der Waals surface area contributed by atoms with Gasteiger partial charge in [0.2, 0.25) is 5.91 Å². The number of carbonyl (C=O) groups excluding carboxylic acids is 1. The maximum absolute atomic E-state index is 13.2. The van der Waals surface area contributed by atoms with Gasteiger partial charge in [-0.2, -0.15) is 0 Å². The molecule has 0 saturated carbocycles. The van der Waals surface area contributed by atoms with Crippen LogP contribution in [0.4, 0.5) is 5.13 Å². The second-order valence-corrected chi connectivity index (χ2v) is 9.41. The van der Waals surface area contributed by atoms with E-state index in [4.69, 9.17) is 4.98 Å². The van der Waals surface area contributed by atoms with E-state index in [0.29, 0.717) is 13.0 Å². The zero-order valence-electron chi connectivity index (χ0n) is 17.2. The summed E-state index contributed by atoms with van der Waals surface area (Å²) in [4.78, 5) is 21.2. The fourth-order valence-corrected chi connectivity index (χ4v) is 5.17. The van der Waals surface area contributed by atoms with Gasteiger partial charge in [0.05, 0.1) is 16.8 Å². The zero-order valence-corrected chi connectivity index (χ0v) is 18.8. The van der Waals surface area contributed by atoms with Crippen LogP contribution in [0, 0.1) is 13.8 Å². The SMILES string of the molecule is Cc1ccc2sc(N(Cc3ccccc3)C(=O)CCSc3ccccc3)nc2c1C. The van der Waals surface area contributed by atoms with Gasteiger partial charge in [-0.1, -0.05) is 65.9 Å². The van der Waals surface area contributed by atoms with Gasteiger partial charge in [0.1, 0.15) is 0 Å². The predicted octanol–water partition coefficient (Wildman–Crippen LogP) is 6.63. The third kappa shape index (κ3) is 4.74. The number of thiazole rings is 1. The Hall–Kier alpha value is -2.63. The second-order valence-electron chi connectivity index (χ2n) is 7.23. The van der Waals surface area contributed by atoms with Crippen molar-refractivity contribution in [3.8, 4) is 0 Å². The minimum atomic E-state index is 0.107. The number of hydrogen-bond acceptors (Lipinski definition) is 4. The van der Waals surface area contributed by atoms with Crippen LogP contribution < -0.4 is 4.90 Å². The van der Waals surface area contributed by atoms with E-state index in [1.165, 1.54) is 16.0 Å². The molecule has 0 spiro atoms. The number of hydrogen-bond donors (Lipinski definition) is 0. The summed E-state index contributed by atoms with van der Waals surface area (Å²) >= 11 is 3.31. The number of nitrogens with zero attached hydrogens (tertiary/aromatic N) is 2. The van der Waals surface area contributed by atoms with Crippen LogP contribution in [0.5, 0.6) is 0 Å². The van der Waals surface area contributed by atoms with Crippen LogP contribution >= 0.6 is 23.1 Å². The molecule has 0 fully saturated rings. The zero-order chi connectivity index (χ0) is 20.9. The van der Waals surface area contributed by atoms with Crippen molar-refractivity contribution in [2.24, 2.45) is 0 Å². The van der Waals surface area contributed by atoms with E-state index in [2.05, 4.69) is 50.2 Å². The van der Waals surface area contributed by atoms with Crippen molar-refractivity contribution in [2.75, 3.05) is 10.7 Å². The molecule has 30 heavy (non-hydrogen) atoms. The molecule has 4 aromatic rings. The first kappa shape index (κ1) is 20.6. The third-order valence-corrected chi connectivity index (χ3v) is 7.17. The van der Waals surface area contributed by atoms with Crippen LogP contribution in [0.2, 0.25) is 0 Å². The Kier molecular flexibility index (Phi) is 6.50. The van der Waals surface area contributed by atoms with Gasteiger partial charge in [-0.25, -0.2) is 4.98 Å². The van der Waals surface area contributed by atoms with Crippen molar-refractivity contribution in [1.82, 2.24) is 4.98 Å². The minimum absolute atomic E-state index is 0.107. The highest BCUT2D eigenvalue weighted by atomic mass is 32.2. The first-order valence-corrected chi connectivity index (χ1v) is 11.8. The molecule has 0 saturated heterocycles. The van der Waals surface area contributed by atoms with Gasteiger partial charge in [0.25, 0.3) is 0 Å². The molecule has 1 aromatic heterocycles. The largest absolute Gasteiger partial charge is 0.284 e. The summed E-state index contributed by atoms with van der Waals surface area (Å²) in [6.07, 6.45) is 0.473. The highest BCUT2D eigenvalue weighted by molar-refractivity contribution is 7.99. The van der Waals surface area contributed by atoms with Gasteiger partial charge in [0.15, 0.2) is 5.13 Å². The third-order valence-electron chi connectivity index (χ3n) is 5.12. The highest BCUT2D eigenvalue weighted by Gasteiger charge is 2.21. The molecule has 0 atom stereocenters. The maximum Gasteiger partial charge on any atom is 0.229 e. The van der Waals surface area contributed by atoms with E-state index in [9.17, 15) is 4.79 Å². The van der Waals surface area contributed by atoms with E-state index in [-0.39, 0.29) is 5.91 Å². The van der Waals surface area contributed by atoms with Crippen LogP contribution in [-0.2, 0) is 11.3 Å². The van der Waals surface area contributed by atoms with Gasteiger partial charge < -0.3 is 0 Å². The Morgan fingerprint density at radius 2 is 1.67 bits per heavy atom. The van der Waals surface area contributed by atoms with E-state index in [1.807, 2.05) is 41.3 Å². The lowest BCUT2D eigenvalue weighted by Gasteiger charge is -2.20. The number of anilines is 1. The van der Waals surface area contributed by atoms with Crippen molar-refractivity contribution >= 4 is 44.4 Å². The average molecular weight is 433 g/mol. The number of carbonyl (C=O) groups is 1. The predicted molar refractivity (Wildman–Crippen MR) is 129 cm³/mol. The Morgan fingerprint density at radius 3 is 2.40 bits per heavy atom. The Morgan fingerprint density at radius 1 is 0.967 bits per heavy atom. The smallest absolute Gasteiger partial charge is 0.229 e. The fourth-order valence-electron chi connectivity index (χ4n) is 3.27. The summed E-state index contributed by atoms with van der Waals surface area (Å²) in [7, 11) is 0. The van der Waals surface area contributed by atoms with Crippen molar-refractivity contribution in [1.29, 1.82) is 0 Å². The van der Waals surface area contributed by atoms with Gasteiger partial charge in [-0.3, -0.25) is 9.69 Å². The van der Waals surface area contributed by atoms with E-state index in [0.717, 1.165) is 26.7 Å². The van der Waals surface area contributed by atoms with Crippen molar-refractivity contribution in [2.45, 2.75) is 31.7 Å². The lowest BCUT2D eigenvalue weighted by Crippen LogP contribution is -2.30. The summed E-state index contributed by atoms with van der Waals surface area (Å²) in [6, 6.07) is 24.6. The number of benzene rings is 3. The molecule has 0 radical (unpaired) electrons. The van der Waals surface area contributed by atoms with E-state index < -0.39 is 0 Å². The van der Waals surface area contributed by atoms with Gasteiger partial charge in [-0.05, 0) is 48.7 Å². The molecular weight excluding hydrogens is 408 g/mol. The maximum atomic E-state index is 13.2. The normalized spacial score (nSPS) is 11.0. The molecule has 0 aliphatic carbocycles. The first-order valence-electron chi connectivity index (χ1n) is 10.0. The van der Waals surface area contributed by atoms with Gasteiger partial charge in [-0.15, -0.1) is 11.8 Å². The molecule has 0 bridgehead atoms. The van der Waals surface area contributed by atoms with Crippen LogP contribution in [0.3, 0.4) is 0 Å². The van der Waals surface area contributed by atoms with Crippen LogP contribution in [-0.4, -0.2) is 16.6 Å². The quantitative estimate of drug-likeness (QED) is 0.307. The topological polar surface area (TPSA) is 33.2 Å². The van der Waals surface area contributed by atoms with Crippen LogP contribution in [0.25, 0.3) is 10.2 Å². The summed E-state index contributed by atoms with van der Waals surface area (Å²) in [5.41, 5.74) is 4.51. The molecule has 152 valence electrons. The summed E-state index contributed by atoms with van der Waals surface area (Å²) < 4.78 is 1.12. The number of fused-ring (bicyclic) bond motifs is 1. The Balaban J connectivity index is 1.57. The lowest BCUT2D eigenvalue weighted by atomic mass is 10.1. The van der Waals surface area contributed by atoms with Crippen LogP contribution in [0.1, 0.15) is 23.1 Å². The number of amides is 1. The molecule has 1 amide bonds. The fraction of sp³-hybridized carbons (Fsp3) is 0.200. The van der Waals surface area contributed by atoms with Crippen LogP contribution in [0.15, 0.2) is 77.7 Å². The molecule has 4 rings (SSSR count). The summed E-state index contributed by atoms with van der Waals surface area (Å²) in [5, 5.41) is 0.775. The second kappa shape index (κ2) is 9.45. The van der Waals surface area contributed by atoms with Crippen molar-refractivity contribution < 1.29 is 4.79 Å². The highest BCUT2D eigenvalue weighted by Crippen LogP contribution is 2.33. The Labute approximate surface area is 185 Å². The van der Waals surface area contributed by atoms with E-state index in [1.54, 1.807) is 23.1 Å². The number of rotatable bonds is 7. The standard InChI is InChI=1S/C25H24N2OS2/c1-18-13-14-22-24(19(18)2)26-25(30-22)27(17-20-9-5-3-6-10-20)23(28)15-16-29-21-11-7-4-8-12-21/h3-14H,15-17H2,1-2H3. The summed E-state index contributed by atoms with van der Waals surface area (Å²) in [5.74, 6) is 0.854. The van der Waals surface area contributed by atoms with Gasteiger partial charge >= 0.3 is 0 Å². The number of aryl methyl sites for hydroxylation is 2. The lowest BCUT2D eigenvalue weighted by molar-refractivity contribution is -0.118.